The number of sulfonamides is 1. The number of aromatic nitrogens is 4. The van der Waals surface area contributed by atoms with Crippen molar-refractivity contribution < 1.29 is 18.3 Å². The predicted octanol–water partition coefficient (Wildman–Crippen LogP) is 3.63. The molecule has 1 aliphatic carbocycles. The zero-order chi connectivity index (χ0) is 26.0. The summed E-state index contributed by atoms with van der Waals surface area (Å²) in [6.45, 7) is -0.0381. The van der Waals surface area contributed by atoms with Crippen molar-refractivity contribution in [3.63, 3.8) is 0 Å². The Morgan fingerprint density at radius 2 is 1.70 bits per heavy atom. The molecule has 3 N–H and O–H groups in total. The molecule has 0 bridgehead atoms. The highest BCUT2D eigenvalue weighted by Crippen LogP contribution is 2.57. The van der Waals surface area contributed by atoms with E-state index in [2.05, 4.69) is 25.9 Å². The number of carboxylic acids is 1. The zero-order valence-corrected chi connectivity index (χ0v) is 21.0. The van der Waals surface area contributed by atoms with Crippen molar-refractivity contribution in [2.24, 2.45) is 0 Å². The van der Waals surface area contributed by atoms with E-state index >= 15 is 0 Å². The number of aliphatic carboxylic acids is 1. The number of H-pyrrole nitrogens is 1. The number of nitrogens with zero attached hydrogens (tertiary/aromatic N) is 4. The van der Waals surface area contributed by atoms with Crippen molar-refractivity contribution in [1.29, 1.82) is 0 Å². The van der Waals surface area contributed by atoms with E-state index in [1.807, 2.05) is 42.5 Å². The molecular formula is C25H23ClN6O4S. The maximum Gasteiger partial charge on any atom is 0.325 e. The van der Waals surface area contributed by atoms with E-state index in [0.29, 0.717) is 5.02 Å². The van der Waals surface area contributed by atoms with Crippen LogP contribution in [-0.2, 0) is 14.8 Å². The third-order valence-corrected chi connectivity index (χ3v) is 8.72. The third-order valence-electron chi connectivity index (χ3n) is 6.51. The van der Waals surface area contributed by atoms with Crippen molar-refractivity contribution in [3.8, 4) is 11.1 Å². The molecular weight excluding hydrogens is 516 g/mol. The van der Waals surface area contributed by atoms with E-state index in [4.69, 9.17) is 11.6 Å². The second-order valence-corrected chi connectivity index (χ2v) is 11.0. The van der Waals surface area contributed by atoms with Crippen LogP contribution in [0, 0.1) is 0 Å². The Morgan fingerprint density at radius 1 is 1.05 bits per heavy atom. The first-order chi connectivity index (χ1) is 17.8. The number of anilines is 1. The van der Waals surface area contributed by atoms with Crippen LogP contribution in [0.15, 0.2) is 83.8 Å². The number of tetrazole rings is 1. The highest BCUT2D eigenvalue weighted by atomic mass is 35.5. The summed E-state index contributed by atoms with van der Waals surface area (Å²) in [4.78, 5) is 12.7. The summed E-state index contributed by atoms with van der Waals surface area (Å²) in [7, 11) is -4.20. The van der Waals surface area contributed by atoms with Crippen LogP contribution < -0.4 is 5.32 Å². The lowest BCUT2D eigenvalue weighted by Crippen LogP contribution is -2.50. The van der Waals surface area contributed by atoms with Crippen molar-refractivity contribution in [2.75, 3.05) is 18.4 Å². The highest BCUT2D eigenvalue weighted by Gasteiger charge is 2.67. The molecule has 2 unspecified atom stereocenters. The molecule has 3 aromatic carbocycles. The lowest BCUT2D eigenvalue weighted by atomic mass is 10.1. The van der Waals surface area contributed by atoms with Gasteiger partial charge in [-0.15, -0.1) is 5.10 Å². The van der Waals surface area contributed by atoms with E-state index in [0.717, 1.165) is 21.0 Å². The highest BCUT2D eigenvalue weighted by molar-refractivity contribution is 7.89. The van der Waals surface area contributed by atoms with Gasteiger partial charge in [0.1, 0.15) is 5.54 Å². The van der Waals surface area contributed by atoms with Crippen LogP contribution in [0.25, 0.3) is 11.1 Å². The van der Waals surface area contributed by atoms with E-state index in [-0.39, 0.29) is 30.4 Å². The van der Waals surface area contributed by atoms with Gasteiger partial charge in [0.15, 0.2) is 0 Å². The van der Waals surface area contributed by atoms with Crippen LogP contribution in [-0.4, -0.2) is 63.1 Å². The molecule has 10 nitrogen and oxygen atoms in total. The first-order valence-electron chi connectivity index (χ1n) is 11.5. The Balaban J connectivity index is 1.48. The summed E-state index contributed by atoms with van der Waals surface area (Å²) in [5.41, 5.74) is 0.841. The molecule has 190 valence electrons. The molecule has 0 amide bonds. The number of rotatable bonds is 10. The molecule has 4 aromatic rings. The van der Waals surface area contributed by atoms with Gasteiger partial charge in [-0.05, 0) is 52.6 Å². The smallest absolute Gasteiger partial charge is 0.325 e. The summed E-state index contributed by atoms with van der Waals surface area (Å²) < 4.78 is 29.0. The molecule has 0 aliphatic heterocycles. The fourth-order valence-corrected chi connectivity index (χ4v) is 6.48. The SMILES string of the molecule is O=C(O)C1(N(CCNc2nn[nH]n2)S(=O)(=O)c2ccc(-c3ccc(Cl)cc3)cc2)CC1c1ccccc1. The molecule has 0 radical (unpaired) electrons. The van der Waals surface area contributed by atoms with Gasteiger partial charge >= 0.3 is 5.97 Å². The zero-order valence-electron chi connectivity index (χ0n) is 19.5. The molecule has 37 heavy (non-hydrogen) atoms. The van der Waals surface area contributed by atoms with Crippen molar-refractivity contribution in [3.05, 3.63) is 89.4 Å². The van der Waals surface area contributed by atoms with Crippen LogP contribution in [0.4, 0.5) is 5.95 Å². The minimum Gasteiger partial charge on any atom is -0.480 e. The van der Waals surface area contributed by atoms with Gasteiger partial charge in [0, 0.05) is 24.0 Å². The Labute approximate surface area is 218 Å². The summed E-state index contributed by atoms with van der Waals surface area (Å²) >= 11 is 5.97. The first kappa shape index (κ1) is 24.9. The molecule has 5 rings (SSSR count). The summed E-state index contributed by atoms with van der Waals surface area (Å²) in [5, 5.41) is 27.2. The average Bonchev–Trinajstić information content (AvgIpc) is 3.45. The Hall–Kier alpha value is -3.80. The minimum absolute atomic E-state index is 0.00381. The summed E-state index contributed by atoms with van der Waals surface area (Å²) in [6, 6.07) is 22.7. The number of carboxylic acid groups (broad SMARTS) is 1. The van der Waals surface area contributed by atoms with E-state index in [9.17, 15) is 18.3 Å². The average molecular weight is 539 g/mol. The van der Waals surface area contributed by atoms with E-state index in [1.165, 1.54) is 12.1 Å². The number of halogens is 1. The van der Waals surface area contributed by atoms with Gasteiger partial charge in [-0.25, -0.2) is 8.42 Å². The fourth-order valence-electron chi connectivity index (χ4n) is 4.58. The van der Waals surface area contributed by atoms with Crippen LogP contribution in [0.1, 0.15) is 17.9 Å². The van der Waals surface area contributed by atoms with Gasteiger partial charge in [0.25, 0.3) is 5.95 Å². The molecule has 1 heterocycles. The molecule has 12 heteroatoms. The lowest BCUT2D eigenvalue weighted by molar-refractivity contribution is -0.143. The van der Waals surface area contributed by atoms with Gasteiger partial charge in [-0.2, -0.15) is 9.52 Å². The molecule has 1 saturated carbocycles. The Kier molecular flexibility index (Phi) is 6.67. The summed E-state index contributed by atoms with van der Waals surface area (Å²) in [5.74, 6) is -1.49. The number of benzene rings is 3. The van der Waals surface area contributed by atoms with Crippen LogP contribution in [0.2, 0.25) is 5.02 Å². The molecule has 0 saturated heterocycles. The van der Waals surface area contributed by atoms with E-state index in [1.54, 1.807) is 24.3 Å². The third kappa shape index (κ3) is 4.80. The van der Waals surface area contributed by atoms with E-state index < -0.39 is 27.4 Å². The van der Waals surface area contributed by atoms with Crippen molar-refractivity contribution in [1.82, 2.24) is 24.9 Å². The number of nitrogens with one attached hydrogen (secondary N) is 2. The Morgan fingerprint density at radius 3 is 2.30 bits per heavy atom. The normalized spacial score (nSPS) is 19.0. The van der Waals surface area contributed by atoms with Crippen molar-refractivity contribution >= 4 is 33.5 Å². The number of carbonyl (C=O) groups is 1. The Bertz CT molecular complexity index is 1480. The predicted molar refractivity (Wildman–Crippen MR) is 138 cm³/mol. The molecule has 1 fully saturated rings. The standard InChI is InChI=1S/C25H23ClN6O4S/c26-20-10-6-17(7-11-20)18-8-12-21(13-9-18)37(35,36)32(15-14-27-24-28-30-31-29-24)25(23(33)34)16-22(25)19-4-2-1-3-5-19/h1-13,22H,14-16H2,(H,33,34)(H2,27,28,29,30,31). The quantitative estimate of drug-likeness (QED) is 0.278. The van der Waals surface area contributed by atoms with Gasteiger partial charge in [-0.1, -0.05) is 71.3 Å². The van der Waals surface area contributed by atoms with Crippen LogP contribution in [0.5, 0.6) is 0 Å². The first-order valence-corrected chi connectivity index (χ1v) is 13.3. The number of hydrogen-bond acceptors (Lipinski definition) is 7. The topological polar surface area (TPSA) is 141 Å². The number of aromatic amines is 1. The second-order valence-electron chi connectivity index (χ2n) is 8.67. The van der Waals surface area contributed by atoms with Crippen molar-refractivity contribution in [2.45, 2.75) is 22.8 Å². The van der Waals surface area contributed by atoms with Gasteiger partial charge < -0.3 is 10.4 Å². The summed E-state index contributed by atoms with van der Waals surface area (Å²) in [6.07, 6.45) is 0.163. The van der Waals surface area contributed by atoms with Crippen LogP contribution in [0.3, 0.4) is 0 Å². The maximum absolute atomic E-state index is 14.0. The second kappa shape index (κ2) is 9.92. The van der Waals surface area contributed by atoms with Crippen LogP contribution >= 0.6 is 11.6 Å². The van der Waals surface area contributed by atoms with Gasteiger partial charge in [0.05, 0.1) is 4.90 Å². The largest absolute Gasteiger partial charge is 0.480 e. The molecule has 1 aliphatic rings. The minimum atomic E-state index is -4.20. The molecule has 2 atom stereocenters. The fraction of sp³-hybridized carbons (Fsp3) is 0.200. The molecule has 1 aromatic heterocycles. The number of hydrogen-bond donors (Lipinski definition) is 3. The maximum atomic E-state index is 14.0. The lowest BCUT2D eigenvalue weighted by Gasteiger charge is -2.29. The van der Waals surface area contributed by atoms with Gasteiger partial charge in [0.2, 0.25) is 10.0 Å². The monoisotopic (exact) mass is 538 g/mol. The molecule has 0 spiro atoms. The van der Waals surface area contributed by atoms with Gasteiger partial charge in [-0.3, -0.25) is 4.79 Å².